The molecule has 2 aliphatic heterocycles. The lowest BCUT2D eigenvalue weighted by Gasteiger charge is -2.16. The number of fused-ring (bicyclic) bond motifs is 1. The Kier molecular flexibility index (Phi) is 20.0. The summed E-state index contributed by atoms with van der Waals surface area (Å²) in [6.07, 6.45) is 2.63. The van der Waals surface area contributed by atoms with Crippen molar-refractivity contribution in [2.45, 2.75) is 52.6 Å². The molecule has 3 rings (SSSR count). The number of aliphatic hydroxyl groups excluding tert-OH is 4. The van der Waals surface area contributed by atoms with Gasteiger partial charge in [0.25, 0.3) is 0 Å². The average molecular weight is 573 g/mol. The van der Waals surface area contributed by atoms with Crippen molar-refractivity contribution in [3.05, 3.63) is 47.5 Å². The molecule has 0 amide bonds. The number of benzene rings is 1. The molecule has 1 atom stereocenters. The van der Waals surface area contributed by atoms with E-state index < -0.39 is 41.9 Å². The Hall–Kier alpha value is -3.98. The Morgan fingerprint density at radius 3 is 1.32 bits per heavy atom. The van der Waals surface area contributed by atoms with E-state index in [0.717, 1.165) is 12.2 Å². The van der Waals surface area contributed by atoms with Crippen LogP contribution in [0, 0.1) is 5.41 Å². The molecule has 1 aromatic carbocycles. The predicted molar refractivity (Wildman–Crippen MR) is 137 cm³/mol. The number of aliphatic hydroxyl groups is 4. The Morgan fingerprint density at radius 2 is 1.12 bits per heavy atom. The van der Waals surface area contributed by atoms with Gasteiger partial charge in [-0.3, -0.25) is 9.59 Å². The van der Waals surface area contributed by atoms with E-state index in [0.29, 0.717) is 24.0 Å². The molecule has 2 heterocycles. The summed E-state index contributed by atoms with van der Waals surface area (Å²) in [4.78, 5) is 61.3. The SMILES string of the molecule is CC(C)(CO)CO.CC(O)CO.O=C(O)CCCCC(=O)O.O=C1C=CC(=O)O1.O=C1OC(=O)c2ccccc21. The van der Waals surface area contributed by atoms with Gasteiger partial charge in [-0.1, -0.05) is 26.0 Å². The van der Waals surface area contributed by atoms with Crippen molar-refractivity contribution in [3.8, 4) is 0 Å². The fraction of sp³-hybridized carbons (Fsp3) is 0.462. The molecule has 0 saturated heterocycles. The maximum atomic E-state index is 10.8. The van der Waals surface area contributed by atoms with Crippen molar-refractivity contribution in [3.63, 3.8) is 0 Å². The third kappa shape index (κ3) is 20.0. The van der Waals surface area contributed by atoms with E-state index in [4.69, 9.17) is 30.6 Å². The molecule has 0 aromatic heterocycles. The number of cyclic esters (lactones) is 4. The van der Waals surface area contributed by atoms with Crippen molar-refractivity contribution >= 4 is 35.8 Å². The van der Waals surface area contributed by atoms with Crippen molar-refractivity contribution in [1.29, 1.82) is 0 Å². The highest BCUT2D eigenvalue weighted by Gasteiger charge is 2.28. The molecule has 40 heavy (non-hydrogen) atoms. The van der Waals surface area contributed by atoms with Gasteiger partial charge in [0.15, 0.2) is 0 Å². The van der Waals surface area contributed by atoms with Crippen LogP contribution in [0.2, 0.25) is 0 Å². The summed E-state index contributed by atoms with van der Waals surface area (Å²) in [5.74, 6) is -4.00. The lowest BCUT2D eigenvalue weighted by atomic mass is 9.97. The van der Waals surface area contributed by atoms with Crippen molar-refractivity contribution in [2.24, 2.45) is 5.41 Å². The third-order valence-electron chi connectivity index (χ3n) is 4.26. The lowest BCUT2D eigenvalue weighted by Crippen LogP contribution is -2.20. The second-order valence-electron chi connectivity index (χ2n) is 8.80. The highest BCUT2D eigenvalue weighted by molar-refractivity contribution is 6.14. The summed E-state index contributed by atoms with van der Waals surface area (Å²) in [7, 11) is 0. The first-order valence-corrected chi connectivity index (χ1v) is 11.8. The zero-order valence-electron chi connectivity index (χ0n) is 22.4. The molecule has 0 saturated carbocycles. The molecule has 0 radical (unpaired) electrons. The summed E-state index contributed by atoms with van der Waals surface area (Å²) >= 11 is 0. The molecule has 14 nitrogen and oxygen atoms in total. The highest BCUT2D eigenvalue weighted by atomic mass is 16.6. The van der Waals surface area contributed by atoms with Crippen LogP contribution in [0.4, 0.5) is 0 Å². The molecule has 2 aliphatic rings. The third-order valence-corrected chi connectivity index (χ3v) is 4.26. The van der Waals surface area contributed by atoms with Gasteiger partial charge in [0.1, 0.15) is 0 Å². The minimum absolute atomic E-state index is 0.0451. The molecule has 14 heteroatoms. The van der Waals surface area contributed by atoms with Crippen LogP contribution < -0.4 is 0 Å². The number of rotatable bonds is 8. The predicted octanol–water partition coefficient (Wildman–Crippen LogP) is 0.696. The van der Waals surface area contributed by atoms with Gasteiger partial charge in [0.2, 0.25) is 0 Å². The van der Waals surface area contributed by atoms with Crippen LogP contribution in [0.1, 0.15) is 67.2 Å². The van der Waals surface area contributed by atoms with E-state index in [-0.39, 0.29) is 38.1 Å². The van der Waals surface area contributed by atoms with E-state index in [2.05, 4.69) is 9.47 Å². The summed E-state index contributed by atoms with van der Waals surface area (Å²) < 4.78 is 8.33. The molecule has 0 bridgehead atoms. The van der Waals surface area contributed by atoms with E-state index in [1.807, 2.05) is 0 Å². The fourth-order valence-corrected chi connectivity index (χ4v) is 1.94. The van der Waals surface area contributed by atoms with E-state index in [1.165, 1.54) is 6.92 Å². The van der Waals surface area contributed by atoms with Gasteiger partial charge >= 0.3 is 35.8 Å². The molecule has 6 N–H and O–H groups in total. The minimum Gasteiger partial charge on any atom is -0.481 e. The zero-order chi connectivity index (χ0) is 31.3. The fourth-order valence-electron chi connectivity index (χ4n) is 1.94. The number of hydrogen-bond donors (Lipinski definition) is 6. The van der Waals surface area contributed by atoms with Gasteiger partial charge in [0.05, 0.1) is 37.1 Å². The Labute approximate surface area is 230 Å². The topological polar surface area (TPSA) is 242 Å². The minimum atomic E-state index is -0.870. The maximum absolute atomic E-state index is 10.8. The summed E-state index contributed by atoms with van der Waals surface area (Å²) in [6, 6.07) is 6.53. The average Bonchev–Trinajstić information content (AvgIpc) is 3.43. The first-order chi connectivity index (χ1) is 18.6. The summed E-state index contributed by atoms with van der Waals surface area (Å²) in [5.41, 5.74) is 0.412. The lowest BCUT2D eigenvalue weighted by molar-refractivity contribution is -0.150. The van der Waals surface area contributed by atoms with Crippen molar-refractivity contribution in [1.82, 2.24) is 0 Å². The number of esters is 4. The standard InChI is InChI=1S/C8H4O3.C6H10O4.C5H12O2.C4H2O3.C3H8O2/c9-7-5-3-1-2-4-6(5)8(10)11-7;7-5(8)3-1-2-4-6(9)10;1-5(2,3-6)4-7;5-3-1-2-4(6)7-3;1-3(5)2-4/h1-4H;1-4H2,(H,7,8)(H,9,10);6-7H,3-4H2,1-2H3;1-2H;3-5H,2H2,1H3. The second kappa shape index (κ2) is 20.9. The highest BCUT2D eigenvalue weighted by Crippen LogP contribution is 2.18. The quantitative estimate of drug-likeness (QED) is 0.143. The number of aliphatic carboxylic acids is 2. The summed E-state index contributed by atoms with van der Waals surface area (Å²) in [5, 5.41) is 49.1. The van der Waals surface area contributed by atoms with E-state index in [9.17, 15) is 28.8 Å². The van der Waals surface area contributed by atoms with Crippen molar-refractivity contribution < 1.29 is 68.9 Å². The smallest absolute Gasteiger partial charge is 0.346 e. The van der Waals surface area contributed by atoms with Crippen LogP contribution in [0.15, 0.2) is 36.4 Å². The van der Waals surface area contributed by atoms with Crippen LogP contribution >= 0.6 is 0 Å². The Balaban J connectivity index is 0. The van der Waals surface area contributed by atoms with Gasteiger partial charge in [-0.05, 0) is 31.9 Å². The van der Waals surface area contributed by atoms with E-state index in [1.54, 1.807) is 38.1 Å². The molecule has 0 fully saturated rings. The van der Waals surface area contributed by atoms with Crippen LogP contribution in [-0.2, 0) is 28.7 Å². The van der Waals surface area contributed by atoms with Crippen LogP contribution in [0.25, 0.3) is 0 Å². The van der Waals surface area contributed by atoms with Gasteiger partial charge in [0, 0.05) is 30.4 Å². The maximum Gasteiger partial charge on any atom is 0.346 e. The number of carbonyl (C=O) groups is 6. The zero-order valence-corrected chi connectivity index (χ0v) is 22.4. The van der Waals surface area contributed by atoms with Gasteiger partial charge in [-0.25, -0.2) is 19.2 Å². The normalized spacial score (nSPS) is 13.4. The first-order valence-electron chi connectivity index (χ1n) is 11.8. The van der Waals surface area contributed by atoms with Crippen molar-refractivity contribution in [2.75, 3.05) is 19.8 Å². The number of carboxylic acid groups (broad SMARTS) is 2. The van der Waals surface area contributed by atoms with E-state index >= 15 is 0 Å². The van der Waals surface area contributed by atoms with Gasteiger partial charge in [-0.15, -0.1) is 0 Å². The summed E-state index contributed by atoms with van der Waals surface area (Å²) in [6.45, 7) is 5.08. The number of carbonyl (C=O) groups excluding carboxylic acids is 4. The van der Waals surface area contributed by atoms with Crippen LogP contribution in [0.3, 0.4) is 0 Å². The van der Waals surface area contributed by atoms with Gasteiger partial charge in [-0.2, -0.15) is 0 Å². The van der Waals surface area contributed by atoms with Crippen LogP contribution in [-0.4, -0.2) is 92.4 Å². The molecule has 1 aromatic rings. The number of hydrogen-bond acceptors (Lipinski definition) is 12. The van der Waals surface area contributed by atoms with Gasteiger partial charge < -0.3 is 40.1 Å². The molecular weight excluding hydrogens is 536 g/mol. The molecular formula is C26H36O14. The Morgan fingerprint density at radius 1 is 0.775 bits per heavy atom. The molecule has 224 valence electrons. The number of unbranched alkanes of at least 4 members (excludes halogenated alkanes) is 1. The molecule has 1 unspecified atom stereocenters. The Bertz CT molecular complexity index is 939. The number of ether oxygens (including phenoxy) is 2. The first kappa shape index (κ1) is 38.2. The molecule has 0 aliphatic carbocycles. The molecule has 0 spiro atoms. The number of carboxylic acids is 2. The van der Waals surface area contributed by atoms with Crippen LogP contribution in [0.5, 0.6) is 0 Å². The monoisotopic (exact) mass is 572 g/mol. The largest absolute Gasteiger partial charge is 0.481 e. The second-order valence-corrected chi connectivity index (χ2v) is 8.80.